The van der Waals surface area contributed by atoms with Crippen molar-refractivity contribution < 1.29 is 18.4 Å². The Morgan fingerprint density at radius 3 is 2.70 bits per heavy atom. The van der Waals surface area contributed by atoms with Crippen LogP contribution in [-0.4, -0.2) is 36.5 Å². The summed E-state index contributed by atoms with van der Waals surface area (Å²) < 4.78 is 26.4. The lowest BCUT2D eigenvalue weighted by molar-refractivity contribution is 0.0589. The highest BCUT2D eigenvalue weighted by atomic mass is 19.2. The maximum Gasteiger partial charge on any atom is 0.257 e. The van der Waals surface area contributed by atoms with Crippen LogP contribution in [0.2, 0.25) is 0 Å². The van der Waals surface area contributed by atoms with Crippen LogP contribution in [0.15, 0.2) is 36.4 Å². The number of nitrogens with zero attached hydrogens (tertiary/aromatic N) is 2. The predicted molar refractivity (Wildman–Crippen MR) is 97.8 cm³/mol. The van der Waals surface area contributed by atoms with E-state index in [-0.39, 0.29) is 17.8 Å². The van der Waals surface area contributed by atoms with Crippen LogP contribution in [0.1, 0.15) is 40.0 Å². The van der Waals surface area contributed by atoms with Crippen LogP contribution in [-0.2, 0) is 0 Å². The van der Waals surface area contributed by atoms with Crippen molar-refractivity contribution in [3.8, 4) is 0 Å². The lowest BCUT2D eigenvalue weighted by Gasteiger charge is -2.46. The summed E-state index contributed by atoms with van der Waals surface area (Å²) in [5, 5.41) is 2.56. The van der Waals surface area contributed by atoms with Crippen molar-refractivity contribution >= 4 is 23.2 Å². The maximum atomic E-state index is 13.3. The molecule has 0 aliphatic carbocycles. The number of fused-ring (bicyclic) bond motifs is 2. The number of hydrogen-bond donors (Lipinski definition) is 1. The van der Waals surface area contributed by atoms with Gasteiger partial charge in [-0.05, 0) is 49.6 Å². The highest BCUT2D eigenvalue weighted by Crippen LogP contribution is 2.34. The molecule has 2 amide bonds. The number of carbonyl (C=O) groups is 2. The van der Waals surface area contributed by atoms with E-state index in [1.807, 2.05) is 16.8 Å². The van der Waals surface area contributed by atoms with Crippen molar-refractivity contribution in [2.24, 2.45) is 0 Å². The van der Waals surface area contributed by atoms with Crippen molar-refractivity contribution in [3.05, 3.63) is 59.2 Å². The lowest BCUT2D eigenvalue weighted by atomic mass is 9.97. The summed E-state index contributed by atoms with van der Waals surface area (Å²) in [6, 6.07) is 8.09. The number of amides is 2. The minimum Gasteiger partial charge on any atom is -0.354 e. The number of piperidine rings is 1. The van der Waals surface area contributed by atoms with Crippen LogP contribution in [0.5, 0.6) is 0 Å². The average Bonchev–Trinajstić information content (AvgIpc) is 2.68. The predicted octanol–water partition coefficient (Wildman–Crippen LogP) is 3.62. The minimum absolute atomic E-state index is 0.00301. The molecule has 1 fully saturated rings. The van der Waals surface area contributed by atoms with Gasteiger partial charge in [-0.25, -0.2) is 8.78 Å². The summed E-state index contributed by atoms with van der Waals surface area (Å²) in [4.78, 5) is 29.2. The molecule has 0 saturated carbocycles. The molecule has 0 spiro atoms. The van der Waals surface area contributed by atoms with Crippen molar-refractivity contribution in [2.75, 3.05) is 23.8 Å². The molecule has 1 atom stereocenters. The Bertz CT molecular complexity index is 931. The molecular weight excluding hydrogens is 352 g/mol. The van der Waals surface area contributed by atoms with E-state index < -0.39 is 17.5 Å². The standard InChI is InChI=1S/C20H19F2N3O2/c1-24-17-10-12(19(26)23-13-6-8-15(21)16(22)11-13)5-7-14(17)20(27)25-9-3-2-4-18(24)25/h5-8,10-11,18H,2-4,9H2,1H3,(H,23,26). The Morgan fingerprint density at radius 1 is 1.11 bits per heavy atom. The van der Waals surface area contributed by atoms with E-state index in [1.165, 1.54) is 6.07 Å². The molecule has 1 unspecified atom stereocenters. The second-order valence-corrected chi connectivity index (χ2v) is 6.90. The van der Waals surface area contributed by atoms with Crippen molar-refractivity contribution in [3.63, 3.8) is 0 Å². The Morgan fingerprint density at radius 2 is 1.93 bits per heavy atom. The summed E-state index contributed by atoms with van der Waals surface area (Å²) in [5.74, 6) is -2.46. The van der Waals surface area contributed by atoms with Crippen molar-refractivity contribution in [2.45, 2.75) is 25.4 Å². The van der Waals surface area contributed by atoms with E-state index in [1.54, 1.807) is 18.2 Å². The quantitative estimate of drug-likeness (QED) is 0.877. The van der Waals surface area contributed by atoms with Crippen LogP contribution >= 0.6 is 0 Å². The number of benzene rings is 2. The van der Waals surface area contributed by atoms with Crippen molar-refractivity contribution in [1.82, 2.24) is 4.90 Å². The van der Waals surface area contributed by atoms with Crippen LogP contribution in [0.25, 0.3) is 0 Å². The SMILES string of the molecule is CN1c2cc(C(=O)Nc3ccc(F)c(F)c3)ccc2C(=O)N2CCCCC21. The topological polar surface area (TPSA) is 52.7 Å². The fourth-order valence-corrected chi connectivity index (χ4v) is 3.79. The molecule has 2 aromatic carbocycles. The van der Waals surface area contributed by atoms with Gasteiger partial charge in [0.2, 0.25) is 0 Å². The van der Waals surface area contributed by atoms with Crippen LogP contribution in [0, 0.1) is 11.6 Å². The lowest BCUT2D eigenvalue weighted by Crippen LogP contribution is -2.55. The van der Waals surface area contributed by atoms with Gasteiger partial charge in [0.25, 0.3) is 11.8 Å². The molecule has 0 aromatic heterocycles. The van der Waals surface area contributed by atoms with Gasteiger partial charge in [0.15, 0.2) is 11.6 Å². The molecule has 7 heteroatoms. The van der Waals surface area contributed by atoms with Crippen LogP contribution in [0.3, 0.4) is 0 Å². The summed E-state index contributed by atoms with van der Waals surface area (Å²) in [6.07, 6.45) is 2.96. The molecule has 0 radical (unpaired) electrons. The smallest absolute Gasteiger partial charge is 0.257 e. The van der Waals surface area contributed by atoms with Gasteiger partial charge < -0.3 is 15.1 Å². The van der Waals surface area contributed by atoms with E-state index in [9.17, 15) is 18.4 Å². The molecule has 2 aliphatic heterocycles. The Hall–Kier alpha value is -2.96. The molecule has 2 aromatic rings. The number of anilines is 2. The number of rotatable bonds is 2. The Kier molecular flexibility index (Phi) is 4.30. The van der Waals surface area contributed by atoms with Crippen molar-refractivity contribution in [1.29, 1.82) is 0 Å². The summed E-state index contributed by atoms with van der Waals surface area (Å²) in [6.45, 7) is 0.742. The van der Waals surface area contributed by atoms with Crippen LogP contribution < -0.4 is 10.2 Å². The monoisotopic (exact) mass is 371 g/mol. The fourth-order valence-electron chi connectivity index (χ4n) is 3.79. The van der Waals surface area contributed by atoms with E-state index in [2.05, 4.69) is 5.32 Å². The zero-order valence-electron chi connectivity index (χ0n) is 14.8. The number of carbonyl (C=O) groups excluding carboxylic acids is 2. The molecule has 2 heterocycles. The Labute approximate surface area is 155 Å². The first-order chi connectivity index (χ1) is 13.0. The fraction of sp³-hybridized carbons (Fsp3) is 0.300. The molecule has 2 aliphatic rings. The maximum absolute atomic E-state index is 13.3. The zero-order chi connectivity index (χ0) is 19.1. The first kappa shape index (κ1) is 17.5. The van der Waals surface area contributed by atoms with Gasteiger partial charge in [0, 0.05) is 30.9 Å². The first-order valence-electron chi connectivity index (χ1n) is 8.90. The number of halogens is 2. The summed E-state index contributed by atoms with van der Waals surface area (Å²) in [7, 11) is 1.92. The van der Waals surface area contributed by atoms with E-state index in [0.717, 1.165) is 37.9 Å². The van der Waals surface area contributed by atoms with E-state index in [4.69, 9.17) is 0 Å². The Balaban J connectivity index is 1.62. The van der Waals surface area contributed by atoms with E-state index >= 15 is 0 Å². The van der Waals surface area contributed by atoms with Gasteiger partial charge in [-0.15, -0.1) is 0 Å². The van der Waals surface area contributed by atoms with Gasteiger partial charge in [0.05, 0.1) is 11.3 Å². The summed E-state index contributed by atoms with van der Waals surface area (Å²) >= 11 is 0. The highest BCUT2D eigenvalue weighted by Gasteiger charge is 2.37. The number of hydrogen-bond acceptors (Lipinski definition) is 3. The molecule has 27 heavy (non-hydrogen) atoms. The second-order valence-electron chi connectivity index (χ2n) is 6.90. The minimum atomic E-state index is -1.03. The van der Waals surface area contributed by atoms with Gasteiger partial charge in [-0.1, -0.05) is 0 Å². The molecule has 5 nitrogen and oxygen atoms in total. The third-order valence-electron chi connectivity index (χ3n) is 5.23. The van der Waals surface area contributed by atoms with Gasteiger partial charge >= 0.3 is 0 Å². The molecule has 140 valence electrons. The molecule has 0 bridgehead atoms. The van der Waals surface area contributed by atoms with Gasteiger partial charge in [0.1, 0.15) is 6.17 Å². The zero-order valence-corrected chi connectivity index (χ0v) is 14.8. The second kappa shape index (κ2) is 6.64. The normalized spacial score (nSPS) is 18.8. The average molecular weight is 371 g/mol. The molecule has 4 rings (SSSR count). The molecule has 1 saturated heterocycles. The van der Waals surface area contributed by atoms with Crippen LogP contribution in [0.4, 0.5) is 20.2 Å². The van der Waals surface area contributed by atoms with E-state index in [0.29, 0.717) is 16.8 Å². The van der Waals surface area contributed by atoms with Gasteiger partial charge in [-0.3, -0.25) is 9.59 Å². The third kappa shape index (κ3) is 3.03. The summed E-state index contributed by atoms with van der Waals surface area (Å²) in [5.41, 5.74) is 1.79. The highest BCUT2D eigenvalue weighted by molar-refractivity contribution is 6.08. The molecule has 1 N–H and O–H groups in total. The first-order valence-corrected chi connectivity index (χ1v) is 8.90. The third-order valence-corrected chi connectivity index (χ3v) is 5.23. The van der Waals surface area contributed by atoms with Gasteiger partial charge in [-0.2, -0.15) is 0 Å². The number of nitrogens with one attached hydrogen (secondary N) is 1. The largest absolute Gasteiger partial charge is 0.354 e. The molecular formula is C20H19F2N3O2.